The number of anilines is 1. The van der Waals surface area contributed by atoms with Gasteiger partial charge >= 0.3 is 0 Å². The monoisotopic (exact) mass is 299 g/mol. The summed E-state index contributed by atoms with van der Waals surface area (Å²) in [6.45, 7) is 6.39. The van der Waals surface area contributed by atoms with Gasteiger partial charge in [0.25, 0.3) is 0 Å². The molecule has 3 rings (SSSR count). The zero-order valence-corrected chi connectivity index (χ0v) is 13.1. The Balaban J connectivity index is 1.86. The Bertz CT molecular complexity index is 734. The molecule has 108 valence electrons. The third kappa shape index (κ3) is 2.97. The van der Waals surface area contributed by atoms with E-state index in [2.05, 4.69) is 60.6 Å². The SMILES string of the molecule is Cc1ccc(C(C)Nc2cc(-c3nnco3)ccc2C)s1. The van der Waals surface area contributed by atoms with Crippen LogP contribution in [0.25, 0.3) is 11.5 Å². The predicted octanol–water partition coefficient (Wildman–Crippen LogP) is 4.59. The van der Waals surface area contributed by atoms with Gasteiger partial charge in [-0.25, -0.2) is 0 Å². The summed E-state index contributed by atoms with van der Waals surface area (Å²) in [6.07, 6.45) is 1.35. The molecule has 0 bridgehead atoms. The van der Waals surface area contributed by atoms with Crippen LogP contribution in [-0.2, 0) is 0 Å². The van der Waals surface area contributed by atoms with Crippen LogP contribution < -0.4 is 5.32 Å². The smallest absolute Gasteiger partial charge is 0.247 e. The first kappa shape index (κ1) is 13.8. The van der Waals surface area contributed by atoms with Crippen LogP contribution in [0.1, 0.15) is 28.3 Å². The summed E-state index contributed by atoms with van der Waals surface area (Å²) >= 11 is 1.82. The van der Waals surface area contributed by atoms with Gasteiger partial charge in [-0.3, -0.25) is 0 Å². The van der Waals surface area contributed by atoms with Gasteiger partial charge in [0.15, 0.2) is 0 Å². The van der Waals surface area contributed by atoms with E-state index in [1.165, 1.54) is 21.7 Å². The van der Waals surface area contributed by atoms with Crippen molar-refractivity contribution in [3.63, 3.8) is 0 Å². The van der Waals surface area contributed by atoms with Crippen molar-refractivity contribution in [3.8, 4) is 11.5 Å². The Morgan fingerprint density at radius 1 is 1.19 bits per heavy atom. The van der Waals surface area contributed by atoms with E-state index in [0.29, 0.717) is 5.89 Å². The second-order valence-electron chi connectivity index (χ2n) is 5.09. The molecular formula is C16H17N3OS. The van der Waals surface area contributed by atoms with Gasteiger partial charge in [-0.05, 0) is 50.6 Å². The van der Waals surface area contributed by atoms with Crippen molar-refractivity contribution in [1.82, 2.24) is 10.2 Å². The van der Waals surface area contributed by atoms with Crippen LogP contribution in [0, 0.1) is 13.8 Å². The maximum Gasteiger partial charge on any atom is 0.247 e. The minimum Gasteiger partial charge on any atom is -0.423 e. The van der Waals surface area contributed by atoms with E-state index >= 15 is 0 Å². The highest BCUT2D eigenvalue weighted by molar-refractivity contribution is 7.12. The molecule has 0 aliphatic carbocycles. The molecule has 0 saturated heterocycles. The number of aromatic nitrogens is 2. The van der Waals surface area contributed by atoms with Crippen LogP contribution in [-0.4, -0.2) is 10.2 Å². The van der Waals surface area contributed by atoms with Crippen LogP contribution in [0.5, 0.6) is 0 Å². The molecule has 21 heavy (non-hydrogen) atoms. The van der Waals surface area contributed by atoms with Gasteiger partial charge in [0, 0.05) is 21.0 Å². The van der Waals surface area contributed by atoms with Crippen LogP contribution in [0.2, 0.25) is 0 Å². The normalized spacial score (nSPS) is 12.3. The topological polar surface area (TPSA) is 51.0 Å². The van der Waals surface area contributed by atoms with Gasteiger partial charge in [-0.15, -0.1) is 21.5 Å². The molecule has 1 N–H and O–H groups in total. The molecule has 2 heterocycles. The van der Waals surface area contributed by atoms with Crippen molar-refractivity contribution in [2.24, 2.45) is 0 Å². The highest BCUT2D eigenvalue weighted by Crippen LogP contribution is 2.29. The third-order valence-electron chi connectivity index (χ3n) is 3.40. The zero-order chi connectivity index (χ0) is 14.8. The molecular weight excluding hydrogens is 282 g/mol. The molecule has 5 heteroatoms. The van der Waals surface area contributed by atoms with Crippen molar-refractivity contribution in [3.05, 3.63) is 52.0 Å². The van der Waals surface area contributed by atoms with Gasteiger partial charge < -0.3 is 9.73 Å². The molecule has 1 aromatic carbocycles. The average Bonchev–Trinajstić information content (AvgIpc) is 3.12. The van der Waals surface area contributed by atoms with Gasteiger partial charge in [-0.2, -0.15) is 0 Å². The second-order valence-corrected chi connectivity index (χ2v) is 6.41. The summed E-state index contributed by atoms with van der Waals surface area (Å²) in [4.78, 5) is 2.66. The Hall–Kier alpha value is -2.14. The molecule has 1 atom stereocenters. The van der Waals surface area contributed by atoms with Crippen molar-refractivity contribution in [1.29, 1.82) is 0 Å². The summed E-state index contributed by atoms with van der Waals surface area (Å²) < 4.78 is 5.26. The van der Waals surface area contributed by atoms with Crippen LogP contribution in [0.15, 0.2) is 41.1 Å². The quantitative estimate of drug-likeness (QED) is 0.765. The van der Waals surface area contributed by atoms with E-state index in [4.69, 9.17) is 4.42 Å². The van der Waals surface area contributed by atoms with Gasteiger partial charge in [0.2, 0.25) is 12.3 Å². The highest BCUT2D eigenvalue weighted by atomic mass is 32.1. The molecule has 3 aromatic rings. The number of rotatable bonds is 4. The highest BCUT2D eigenvalue weighted by Gasteiger charge is 2.11. The molecule has 2 aromatic heterocycles. The Morgan fingerprint density at radius 3 is 2.71 bits per heavy atom. The summed E-state index contributed by atoms with van der Waals surface area (Å²) in [6, 6.07) is 10.7. The Kier molecular flexibility index (Phi) is 3.75. The number of nitrogens with zero attached hydrogens (tertiary/aromatic N) is 2. The molecule has 0 amide bonds. The molecule has 0 saturated carbocycles. The zero-order valence-electron chi connectivity index (χ0n) is 12.3. The first-order valence-electron chi connectivity index (χ1n) is 6.83. The lowest BCUT2D eigenvalue weighted by atomic mass is 10.1. The van der Waals surface area contributed by atoms with E-state index in [1.54, 1.807) is 0 Å². The fourth-order valence-corrected chi connectivity index (χ4v) is 3.08. The van der Waals surface area contributed by atoms with Gasteiger partial charge in [0.1, 0.15) is 0 Å². The molecule has 4 nitrogen and oxygen atoms in total. The second kappa shape index (κ2) is 5.69. The number of aryl methyl sites for hydroxylation is 2. The summed E-state index contributed by atoms with van der Waals surface area (Å²) in [5, 5.41) is 11.2. The van der Waals surface area contributed by atoms with Gasteiger partial charge in [-0.1, -0.05) is 6.07 Å². The standard InChI is InChI=1S/C16H17N3OS/c1-10-4-6-13(16-19-17-9-20-16)8-14(10)18-12(3)15-7-5-11(2)21-15/h4-9,12,18H,1-3H3. The third-order valence-corrected chi connectivity index (χ3v) is 4.59. The molecule has 0 spiro atoms. The summed E-state index contributed by atoms with van der Waals surface area (Å²) in [5.74, 6) is 0.540. The number of benzene rings is 1. The Labute approximate surface area is 127 Å². The fraction of sp³-hybridized carbons (Fsp3) is 0.250. The minimum absolute atomic E-state index is 0.264. The van der Waals surface area contributed by atoms with Crippen molar-refractivity contribution in [2.75, 3.05) is 5.32 Å². The van der Waals surface area contributed by atoms with Crippen LogP contribution in [0.3, 0.4) is 0 Å². The Morgan fingerprint density at radius 2 is 2.05 bits per heavy atom. The van der Waals surface area contributed by atoms with Crippen LogP contribution >= 0.6 is 11.3 Å². The first-order valence-corrected chi connectivity index (χ1v) is 7.65. The lowest BCUT2D eigenvalue weighted by Crippen LogP contribution is -2.06. The number of hydrogen-bond acceptors (Lipinski definition) is 5. The minimum atomic E-state index is 0.264. The molecule has 0 aliphatic rings. The molecule has 0 radical (unpaired) electrons. The fourth-order valence-electron chi connectivity index (χ4n) is 2.20. The molecule has 0 fully saturated rings. The average molecular weight is 299 g/mol. The van der Waals surface area contributed by atoms with Crippen molar-refractivity contribution < 1.29 is 4.42 Å². The van der Waals surface area contributed by atoms with Crippen molar-refractivity contribution >= 4 is 17.0 Å². The number of nitrogens with one attached hydrogen (secondary N) is 1. The largest absolute Gasteiger partial charge is 0.423 e. The van der Waals surface area contributed by atoms with E-state index < -0.39 is 0 Å². The maximum atomic E-state index is 5.26. The first-order chi connectivity index (χ1) is 10.1. The predicted molar refractivity (Wildman–Crippen MR) is 85.6 cm³/mol. The van der Waals surface area contributed by atoms with Crippen molar-refractivity contribution in [2.45, 2.75) is 26.8 Å². The van der Waals surface area contributed by atoms with E-state index in [0.717, 1.165) is 11.3 Å². The lowest BCUT2D eigenvalue weighted by Gasteiger charge is -2.16. The van der Waals surface area contributed by atoms with E-state index in [1.807, 2.05) is 17.4 Å². The van der Waals surface area contributed by atoms with E-state index in [9.17, 15) is 0 Å². The maximum absolute atomic E-state index is 5.26. The number of thiophene rings is 1. The summed E-state index contributed by atoms with van der Waals surface area (Å²) in [7, 11) is 0. The lowest BCUT2D eigenvalue weighted by molar-refractivity contribution is 0.568. The summed E-state index contributed by atoms with van der Waals surface area (Å²) in [5.41, 5.74) is 3.21. The van der Waals surface area contributed by atoms with E-state index in [-0.39, 0.29) is 6.04 Å². The molecule has 1 unspecified atom stereocenters. The number of hydrogen-bond donors (Lipinski definition) is 1. The molecule has 0 aliphatic heterocycles. The van der Waals surface area contributed by atoms with Gasteiger partial charge in [0.05, 0.1) is 6.04 Å². The van der Waals surface area contributed by atoms with Crippen LogP contribution in [0.4, 0.5) is 5.69 Å².